The first-order valence-electron chi connectivity index (χ1n) is 11.4. The van der Waals surface area contributed by atoms with Gasteiger partial charge >= 0.3 is 0 Å². The lowest BCUT2D eigenvalue weighted by Crippen LogP contribution is -2.43. The fourth-order valence-electron chi connectivity index (χ4n) is 5.67. The molecule has 2 saturated carbocycles. The van der Waals surface area contributed by atoms with Crippen LogP contribution in [-0.2, 0) is 6.61 Å². The molecule has 8 heteroatoms. The first-order chi connectivity index (χ1) is 15.0. The van der Waals surface area contributed by atoms with Crippen LogP contribution in [0, 0.1) is 10.8 Å². The Labute approximate surface area is 181 Å². The Morgan fingerprint density at radius 3 is 2.58 bits per heavy atom. The van der Waals surface area contributed by atoms with E-state index >= 15 is 0 Å². The molecule has 0 amide bonds. The number of pyridine rings is 1. The highest BCUT2D eigenvalue weighted by Gasteiger charge is 2.66. The summed E-state index contributed by atoms with van der Waals surface area (Å²) in [6.45, 7) is 6.22. The second-order valence-electron chi connectivity index (χ2n) is 9.81. The molecule has 2 spiro atoms. The van der Waals surface area contributed by atoms with Gasteiger partial charge in [-0.1, -0.05) is 0 Å². The van der Waals surface area contributed by atoms with E-state index in [1.54, 1.807) is 6.20 Å². The van der Waals surface area contributed by atoms with Gasteiger partial charge in [-0.05, 0) is 62.8 Å². The number of rotatable bonds is 5. The third-order valence-electron chi connectivity index (χ3n) is 7.67. The van der Waals surface area contributed by atoms with Gasteiger partial charge in [0.1, 0.15) is 29.6 Å². The second kappa shape index (κ2) is 6.63. The standard InChI is InChI=1S/C23H29N7O/c1-15(2)30-17-11-19(25-12-16(17)26-20(30)13-31)27-18-3-9-24-21(28-18)29-10-8-22(4-5-22)23(14-29)6-7-23/h3,9,11-12,15,31H,4-8,10,13-14H2,1-2H3,(H,24,25,27,28). The van der Waals surface area contributed by atoms with Crippen molar-refractivity contribution in [3.05, 3.63) is 30.4 Å². The number of hydrogen-bond donors (Lipinski definition) is 2. The van der Waals surface area contributed by atoms with Gasteiger partial charge in [0.2, 0.25) is 5.95 Å². The molecule has 0 atom stereocenters. The van der Waals surface area contributed by atoms with E-state index in [9.17, 15) is 5.11 Å². The molecule has 31 heavy (non-hydrogen) atoms. The molecule has 4 heterocycles. The fraction of sp³-hybridized carbons (Fsp3) is 0.565. The van der Waals surface area contributed by atoms with Crippen LogP contribution in [0.3, 0.4) is 0 Å². The molecule has 0 bridgehead atoms. The average molecular weight is 420 g/mol. The van der Waals surface area contributed by atoms with Crippen LogP contribution in [0.25, 0.3) is 11.0 Å². The number of aliphatic hydroxyl groups excluding tert-OH is 1. The minimum absolute atomic E-state index is 0.0937. The summed E-state index contributed by atoms with van der Waals surface area (Å²) in [5.74, 6) is 2.91. The molecule has 1 saturated heterocycles. The SMILES string of the molecule is CC(C)n1c(CO)nc2cnc(Nc3ccnc(N4CCC5(CC5)C5(CC5)C4)n3)cc21. The van der Waals surface area contributed by atoms with E-state index in [4.69, 9.17) is 4.98 Å². The number of nitrogens with one attached hydrogen (secondary N) is 1. The van der Waals surface area contributed by atoms with Crippen molar-refractivity contribution in [3.8, 4) is 0 Å². The quantitative estimate of drug-likeness (QED) is 0.650. The molecule has 162 valence electrons. The van der Waals surface area contributed by atoms with Crippen LogP contribution in [0.4, 0.5) is 17.6 Å². The third-order valence-corrected chi connectivity index (χ3v) is 7.67. The van der Waals surface area contributed by atoms with Crippen LogP contribution in [0.2, 0.25) is 0 Å². The molecule has 3 aliphatic rings. The van der Waals surface area contributed by atoms with Crippen molar-refractivity contribution in [3.63, 3.8) is 0 Å². The number of aromatic nitrogens is 5. The van der Waals surface area contributed by atoms with Crippen LogP contribution >= 0.6 is 0 Å². The lowest BCUT2D eigenvalue weighted by molar-refractivity contribution is 0.228. The molecule has 0 radical (unpaired) electrons. The van der Waals surface area contributed by atoms with Gasteiger partial charge in [0.05, 0.1) is 11.7 Å². The first kappa shape index (κ1) is 19.0. The molecule has 8 nitrogen and oxygen atoms in total. The minimum atomic E-state index is -0.0937. The van der Waals surface area contributed by atoms with Crippen LogP contribution in [0.15, 0.2) is 24.5 Å². The van der Waals surface area contributed by atoms with E-state index < -0.39 is 0 Å². The molecule has 6 rings (SSSR count). The number of nitrogens with zero attached hydrogens (tertiary/aromatic N) is 6. The number of piperidine rings is 1. The predicted molar refractivity (Wildman–Crippen MR) is 119 cm³/mol. The summed E-state index contributed by atoms with van der Waals surface area (Å²) in [5, 5.41) is 13.0. The normalized spacial score (nSPS) is 20.7. The minimum Gasteiger partial charge on any atom is -0.388 e. The predicted octanol–water partition coefficient (Wildman–Crippen LogP) is 3.81. The van der Waals surface area contributed by atoms with Crippen LogP contribution in [0.5, 0.6) is 0 Å². The van der Waals surface area contributed by atoms with Crippen molar-refractivity contribution in [1.29, 1.82) is 0 Å². The maximum Gasteiger partial charge on any atom is 0.227 e. The molecule has 3 fully saturated rings. The zero-order valence-corrected chi connectivity index (χ0v) is 18.2. The fourth-order valence-corrected chi connectivity index (χ4v) is 5.67. The second-order valence-corrected chi connectivity index (χ2v) is 9.81. The van der Waals surface area contributed by atoms with Gasteiger partial charge in [0.25, 0.3) is 0 Å². The van der Waals surface area contributed by atoms with Gasteiger partial charge in [0.15, 0.2) is 0 Å². The molecule has 0 unspecified atom stereocenters. The monoisotopic (exact) mass is 419 g/mol. The Kier molecular flexibility index (Phi) is 4.06. The topological polar surface area (TPSA) is 92.0 Å². The Balaban J connectivity index is 1.26. The van der Waals surface area contributed by atoms with Gasteiger partial charge in [-0.3, -0.25) is 0 Å². The van der Waals surface area contributed by atoms with Crippen LogP contribution < -0.4 is 10.2 Å². The number of hydrogen-bond acceptors (Lipinski definition) is 7. The van der Waals surface area contributed by atoms with Crippen molar-refractivity contribution < 1.29 is 5.11 Å². The van der Waals surface area contributed by atoms with Crippen LogP contribution in [0.1, 0.15) is 57.8 Å². The lowest BCUT2D eigenvalue weighted by atomic mass is 9.79. The first-order valence-corrected chi connectivity index (χ1v) is 11.4. The molecular formula is C23H29N7O. The van der Waals surface area contributed by atoms with Gasteiger partial charge in [-0.2, -0.15) is 4.98 Å². The van der Waals surface area contributed by atoms with Crippen molar-refractivity contribution in [2.45, 2.75) is 58.6 Å². The van der Waals surface area contributed by atoms with E-state index in [1.807, 2.05) is 22.9 Å². The van der Waals surface area contributed by atoms with Crippen molar-refractivity contribution in [2.75, 3.05) is 23.3 Å². The zero-order chi connectivity index (χ0) is 21.2. The van der Waals surface area contributed by atoms with Gasteiger partial charge in [-0.25, -0.2) is 15.0 Å². The molecule has 3 aromatic heterocycles. The van der Waals surface area contributed by atoms with E-state index in [2.05, 4.69) is 39.0 Å². The van der Waals surface area contributed by atoms with Gasteiger partial charge < -0.3 is 19.9 Å². The molecule has 0 aromatic carbocycles. The largest absolute Gasteiger partial charge is 0.388 e. The molecule has 1 aliphatic heterocycles. The Hall–Kier alpha value is -2.74. The average Bonchev–Trinajstić information content (AvgIpc) is 3.67. The molecule has 2 aliphatic carbocycles. The zero-order valence-electron chi connectivity index (χ0n) is 18.2. The number of imidazole rings is 1. The summed E-state index contributed by atoms with van der Waals surface area (Å²) in [6, 6.07) is 4.05. The summed E-state index contributed by atoms with van der Waals surface area (Å²) in [6.07, 6.45) is 10.4. The summed E-state index contributed by atoms with van der Waals surface area (Å²) in [7, 11) is 0. The van der Waals surface area contributed by atoms with E-state index in [-0.39, 0.29) is 12.6 Å². The highest BCUT2D eigenvalue weighted by atomic mass is 16.3. The summed E-state index contributed by atoms with van der Waals surface area (Å²) in [5.41, 5.74) is 2.91. The summed E-state index contributed by atoms with van der Waals surface area (Å²) < 4.78 is 2.05. The Morgan fingerprint density at radius 1 is 1.06 bits per heavy atom. The van der Waals surface area contributed by atoms with Crippen molar-refractivity contribution in [2.24, 2.45) is 10.8 Å². The van der Waals surface area contributed by atoms with Crippen LogP contribution in [-0.4, -0.2) is 42.7 Å². The summed E-state index contributed by atoms with van der Waals surface area (Å²) >= 11 is 0. The summed E-state index contributed by atoms with van der Waals surface area (Å²) in [4.78, 5) is 20.8. The lowest BCUT2D eigenvalue weighted by Gasteiger charge is -2.39. The molecular weight excluding hydrogens is 390 g/mol. The third kappa shape index (κ3) is 2.99. The molecule has 3 aromatic rings. The highest BCUT2D eigenvalue weighted by Crippen LogP contribution is 2.73. The van der Waals surface area contributed by atoms with Crippen molar-refractivity contribution in [1.82, 2.24) is 24.5 Å². The smallest absolute Gasteiger partial charge is 0.227 e. The maximum atomic E-state index is 9.66. The van der Waals surface area contributed by atoms with E-state index in [1.165, 1.54) is 32.1 Å². The van der Waals surface area contributed by atoms with E-state index in [0.717, 1.165) is 35.9 Å². The van der Waals surface area contributed by atoms with Gasteiger partial charge in [-0.15, -0.1) is 0 Å². The Bertz CT molecular complexity index is 1150. The van der Waals surface area contributed by atoms with E-state index in [0.29, 0.717) is 22.5 Å². The highest BCUT2D eigenvalue weighted by molar-refractivity contribution is 5.79. The molecule has 2 N–H and O–H groups in total. The van der Waals surface area contributed by atoms with Crippen molar-refractivity contribution >= 4 is 28.6 Å². The Morgan fingerprint density at radius 2 is 1.87 bits per heavy atom. The maximum absolute atomic E-state index is 9.66. The number of aliphatic hydroxyl groups is 1. The van der Waals surface area contributed by atoms with Gasteiger partial charge in [0, 0.05) is 31.4 Å². The number of anilines is 3. The number of fused-ring (bicyclic) bond motifs is 2.